The van der Waals surface area contributed by atoms with Gasteiger partial charge in [0.2, 0.25) is 0 Å². The first-order valence-electron chi connectivity index (χ1n) is 9.64. The maximum atomic E-state index is 12.9. The molecular formula is C22H21N3O5S2. The fourth-order valence-corrected chi connectivity index (χ4v) is 5.54. The highest BCUT2D eigenvalue weighted by Crippen LogP contribution is 2.37. The standard InChI is InChI=1S/C22H21N3O5S2/c1-4-9-25-17-11-15(6-8-18(17)30-12-21(25)26)16-13-31-22(23-16)24-32(27,28)20-10-14(2)5-7-19(20)29-3/h4-8,10-11,13H,1,9,12H2,2-3H3,(H,23,24). The van der Waals surface area contributed by atoms with E-state index in [0.717, 1.165) is 22.5 Å². The van der Waals surface area contributed by atoms with E-state index in [-0.39, 0.29) is 28.3 Å². The van der Waals surface area contributed by atoms with Crippen molar-refractivity contribution in [3.8, 4) is 22.8 Å². The van der Waals surface area contributed by atoms with Gasteiger partial charge in [0, 0.05) is 17.5 Å². The van der Waals surface area contributed by atoms with Gasteiger partial charge in [0.1, 0.15) is 16.4 Å². The zero-order chi connectivity index (χ0) is 22.9. The molecule has 8 nitrogen and oxygen atoms in total. The molecule has 10 heteroatoms. The highest BCUT2D eigenvalue weighted by atomic mass is 32.2. The number of hydrogen-bond donors (Lipinski definition) is 1. The van der Waals surface area contributed by atoms with Crippen LogP contribution in [0.4, 0.5) is 10.8 Å². The monoisotopic (exact) mass is 471 g/mol. The Labute approximate surface area is 190 Å². The maximum absolute atomic E-state index is 12.9. The van der Waals surface area contributed by atoms with E-state index in [1.807, 2.05) is 6.07 Å². The molecule has 2 heterocycles. The first-order valence-corrected chi connectivity index (χ1v) is 12.0. The van der Waals surface area contributed by atoms with Crippen molar-refractivity contribution in [2.45, 2.75) is 11.8 Å². The van der Waals surface area contributed by atoms with E-state index < -0.39 is 10.0 Å². The molecular weight excluding hydrogens is 450 g/mol. The summed E-state index contributed by atoms with van der Waals surface area (Å²) >= 11 is 1.16. The minimum absolute atomic E-state index is 0.0226. The van der Waals surface area contributed by atoms with Crippen LogP contribution in [0, 0.1) is 6.92 Å². The van der Waals surface area contributed by atoms with Crippen molar-refractivity contribution in [3.05, 3.63) is 60.0 Å². The summed E-state index contributed by atoms with van der Waals surface area (Å²) in [5, 5.41) is 1.97. The largest absolute Gasteiger partial charge is 0.495 e. The SMILES string of the molecule is C=CCN1C(=O)COc2ccc(-c3csc(NS(=O)(=O)c4cc(C)ccc4OC)n3)cc21. The number of carbonyl (C=O) groups excluding carboxylic acids is 1. The van der Waals surface area contributed by atoms with Crippen LogP contribution in [0.25, 0.3) is 11.3 Å². The second-order valence-corrected chi connectivity index (χ2v) is 9.57. The number of sulfonamides is 1. The van der Waals surface area contributed by atoms with Crippen molar-refractivity contribution in [3.63, 3.8) is 0 Å². The first-order chi connectivity index (χ1) is 15.3. The number of ether oxygens (including phenoxy) is 2. The van der Waals surface area contributed by atoms with E-state index in [9.17, 15) is 13.2 Å². The smallest absolute Gasteiger partial charge is 0.267 e. The van der Waals surface area contributed by atoms with E-state index >= 15 is 0 Å². The molecule has 3 aromatic rings. The molecule has 0 radical (unpaired) electrons. The Morgan fingerprint density at radius 1 is 1.31 bits per heavy atom. The van der Waals surface area contributed by atoms with Gasteiger partial charge < -0.3 is 14.4 Å². The molecule has 1 aliphatic rings. The number of methoxy groups -OCH3 is 1. The van der Waals surface area contributed by atoms with E-state index in [0.29, 0.717) is 23.7 Å². The van der Waals surface area contributed by atoms with Gasteiger partial charge in [-0.15, -0.1) is 17.9 Å². The van der Waals surface area contributed by atoms with Gasteiger partial charge in [-0.25, -0.2) is 13.4 Å². The summed E-state index contributed by atoms with van der Waals surface area (Å²) in [5.41, 5.74) is 2.72. The Hall–Kier alpha value is -3.37. The Balaban J connectivity index is 1.63. The molecule has 2 aromatic carbocycles. The third kappa shape index (κ3) is 4.19. The molecule has 1 N–H and O–H groups in total. The summed E-state index contributed by atoms with van der Waals surface area (Å²) in [6.07, 6.45) is 1.65. The van der Waals surface area contributed by atoms with Gasteiger partial charge in [0.25, 0.3) is 15.9 Å². The molecule has 1 aliphatic heterocycles. The summed E-state index contributed by atoms with van der Waals surface area (Å²) in [6.45, 7) is 5.85. The number of fused-ring (bicyclic) bond motifs is 1. The zero-order valence-electron chi connectivity index (χ0n) is 17.5. The molecule has 32 heavy (non-hydrogen) atoms. The van der Waals surface area contributed by atoms with Gasteiger partial charge in [-0.2, -0.15) is 0 Å². The van der Waals surface area contributed by atoms with Crippen LogP contribution in [-0.2, 0) is 14.8 Å². The van der Waals surface area contributed by atoms with Crippen LogP contribution in [0.2, 0.25) is 0 Å². The van der Waals surface area contributed by atoms with E-state index in [1.54, 1.807) is 53.6 Å². The lowest BCUT2D eigenvalue weighted by atomic mass is 10.1. The molecule has 1 amide bonds. The average molecular weight is 472 g/mol. The molecule has 0 unspecified atom stereocenters. The molecule has 0 atom stereocenters. The summed E-state index contributed by atoms with van der Waals surface area (Å²) in [5.74, 6) is 0.688. The number of rotatable bonds is 7. The average Bonchev–Trinajstić information content (AvgIpc) is 3.23. The number of carbonyl (C=O) groups is 1. The number of hydrogen-bond acceptors (Lipinski definition) is 7. The normalized spacial score (nSPS) is 13.3. The quantitative estimate of drug-likeness (QED) is 0.526. The van der Waals surface area contributed by atoms with Crippen LogP contribution < -0.4 is 19.1 Å². The van der Waals surface area contributed by atoms with Crippen molar-refractivity contribution in [2.24, 2.45) is 0 Å². The third-order valence-corrected chi connectivity index (χ3v) is 7.09. The second kappa shape index (κ2) is 8.64. The minimum Gasteiger partial charge on any atom is -0.495 e. The highest BCUT2D eigenvalue weighted by Gasteiger charge is 2.26. The highest BCUT2D eigenvalue weighted by molar-refractivity contribution is 7.93. The van der Waals surface area contributed by atoms with Gasteiger partial charge in [-0.1, -0.05) is 12.1 Å². The van der Waals surface area contributed by atoms with Gasteiger partial charge in [-0.3, -0.25) is 9.52 Å². The summed E-state index contributed by atoms with van der Waals surface area (Å²) in [7, 11) is -2.47. The van der Waals surface area contributed by atoms with Gasteiger partial charge in [0.05, 0.1) is 18.5 Å². The van der Waals surface area contributed by atoms with Crippen LogP contribution in [0.1, 0.15) is 5.56 Å². The van der Waals surface area contributed by atoms with Crippen LogP contribution in [0.3, 0.4) is 0 Å². The summed E-state index contributed by atoms with van der Waals surface area (Å²) in [6, 6.07) is 10.3. The minimum atomic E-state index is -3.90. The van der Waals surface area contributed by atoms with Crippen LogP contribution in [0.5, 0.6) is 11.5 Å². The third-order valence-electron chi connectivity index (χ3n) is 4.84. The lowest BCUT2D eigenvalue weighted by molar-refractivity contribution is -0.121. The predicted octanol–water partition coefficient (Wildman–Crippen LogP) is 3.84. The van der Waals surface area contributed by atoms with Crippen LogP contribution in [-0.4, -0.2) is 39.6 Å². The fourth-order valence-electron chi connectivity index (χ4n) is 3.31. The van der Waals surface area contributed by atoms with Crippen molar-refractivity contribution in [2.75, 3.05) is 29.9 Å². The Kier molecular flexibility index (Phi) is 5.90. The number of nitrogens with zero attached hydrogens (tertiary/aromatic N) is 2. The van der Waals surface area contributed by atoms with Crippen LogP contribution in [0.15, 0.2) is 59.3 Å². The summed E-state index contributed by atoms with van der Waals surface area (Å²) in [4.78, 5) is 18.3. The number of nitrogens with one attached hydrogen (secondary N) is 1. The number of thiazole rings is 1. The molecule has 0 fully saturated rings. The van der Waals surface area contributed by atoms with Crippen molar-refractivity contribution >= 4 is 38.1 Å². The predicted molar refractivity (Wildman–Crippen MR) is 124 cm³/mol. The Morgan fingerprint density at radius 3 is 2.88 bits per heavy atom. The summed E-state index contributed by atoms with van der Waals surface area (Å²) < 4.78 is 39.1. The van der Waals surface area contributed by atoms with Crippen LogP contribution >= 0.6 is 11.3 Å². The van der Waals surface area contributed by atoms with Crippen molar-refractivity contribution in [1.29, 1.82) is 0 Å². The van der Waals surface area contributed by atoms with E-state index in [2.05, 4.69) is 16.3 Å². The van der Waals surface area contributed by atoms with Crippen molar-refractivity contribution in [1.82, 2.24) is 4.98 Å². The molecule has 166 valence electrons. The van der Waals surface area contributed by atoms with Crippen molar-refractivity contribution < 1.29 is 22.7 Å². The van der Waals surface area contributed by atoms with Gasteiger partial charge in [0.15, 0.2) is 11.7 Å². The zero-order valence-corrected chi connectivity index (χ0v) is 19.1. The number of benzene rings is 2. The topological polar surface area (TPSA) is 97.8 Å². The number of aromatic nitrogens is 1. The maximum Gasteiger partial charge on any atom is 0.267 e. The molecule has 0 bridgehead atoms. The Bertz CT molecular complexity index is 1300. The first kappa shape index (κ1) is 21.8. The molecule has 0 saturated carbocycles. The van der Waals surface area contributed by atoms with E-state index in [1.165, 1.54) is 7.11 Å². The molecule has 0 aliphatic carbocycles. The molecule has 1 aromatic heterocycles. The van der Waals surface area contributed by atoms with E-state index in [4.69, 9.17) is 9.47 Å². The number of amides is 1. The second-order valence-electron chi connectivity index (χ2n) is 7.06. The lowest BCUT2D eigenvalue weighted by Gasteiger charge is -2.28. The molecule has 0 saturated heterocycles. The van der Waals surface area contributed by atoms with Gasteiger partial charge in [-0.05, 0) is 42.8 Å². The molecule has 0 spiro atoms. The number of anilines is 2. The fraction of sp³-hybridized carbons (Fsp3) is 0.182. The number of aryl methyl sites for hydroxylation is 1. The Morgan fingerprint density at radius 2 is 2.12 bits per heavy atom. The molecule has 4 rings (SSSR count). The van der Waals surface area contributed by atoms with Gasteiger partial charge >= 0.3 is 0 Å². The lowest BCUT2D eigenvalue weighted by Crippen LogP contribution is -2.38.